The summed E-state index contributed by atoms with van der Waals surface area (Å²) >= 11 is 0. The molecule has 0 radical (unpaired) electrons. The van der Waals surface area contributed by atoms with Crippen LogP contribution >= 0.6 is 0 Å². The van der Waals surface area contributed by atoms with E-state index in [0.717, 1.165) is 25.7 Å². The first-order chi connectivity index (χ1) is 6.86. The van der Waals surface area contributed by atoms with Crippen LogP contribution in [0.1, 0.15) is 53.4 Å². The van der Waals surface area contributed by atoms with Gasteiger partial charge in [-0.25, -0.2) is 0 Å². The maximum absolute atomic E-state index is 11.8. The van der Waals surface area contributed by atoms with Crippen LogP contribution in [0.5, 0.6) is 0 Å². The third kappa shape index (κ3) is 3.04. The van der Waals surface area contributed by atoms with Gasteiger partial charge in [0.1, 0.15) is 5.78 Å². The van der Waals surface area contributed by atoms with Crippen LogP contribution in [0.4, 0.5) is 0 Å². The van der Waals surface area contributed by atoms with E-state index >= 15 is 0 Å². The summed E-state index contributed by atoms with van der Waals surface area (Å²) in [5, 5.41) is 0. The molecule has 0 saturated heterocycles. The second-order valence-corrected chi connectivity index (χ2v) is 5.98. The minimum Gasteiger partial charge on any atom is -0.327 e. The highest BCUT2D eigenvalue weighted by Crippen LogP contribution is 2.39. The molecule has 0 aromatic rings. The molecule has 0 bridgehead atoms. The molecule has 0 heterocycles. The van der Waals surface area contributed by atoms with Crippen molar-refractivity contribution in [2.24, 2.45) is 23.0 Å². The van der Waals surface area contributed by atoms with Gasteiger partial charge in [0.2, 0.25) is 0 Å². The van der Waals surface area contributed by atoms with Crippen molar-refractivity contribution >= 4 is 5.78 Å². The molecular formula is C13H25NO. The van der Waals surface area contributed by atoms with Crippen LogP contribution < -0.4 is 5.73 Å². The summed E-state index contributed by atoms with van der Waals surface area (Å²) in [5.41, 5.74) is 6.33. The van der Waals surface area contributed by atoms with E-state index in [1.54, 1.807) is 0 Å². The molecule has 1 rings (SSSR count). The highest BCUT2D eigenvalue weighted by atomic mass is 16.1. The Hall–Kier alpha value is -0.370. The molecule has 0 aromatic heterocycles. The zero-order valence-corrected chi connectivity index (χ0v) is 10.5. The van der Waals surface area contributed by atoms with Crippen LogP contribution in [-0.4, -0.2) is 11.8 Å². The summed E-state index contributed by atoms with van der Waals surface area (Å²) in [7, 11) is 0. The molecular weight excluding hydrogens is 186 g/mol. The average Bonchev–Trinajstić information content (AvgIpc) is 2.15. The molecule has 1 fully saturated rings. The summed E-state index contributed by atoms with van der Waals surface area (Å²) in [6.07, 6.45) is 3.69. The van der Waals surface area contributed by atoms with Crippen molar-refractivity contribution in [1.29, 1.82) is 0 Å². The lowest BCUT2D eigenvalue weighted by Crippen LogP contribution is -2.41. The number of hydrogen-bond donors (Lipinski definition) is 1. The molecule has 3 unspecified atom stereocenters. The number of rotatable bonds is 2. The fraction of sp³-hybridized carbons (Fsp3) is 0.923. The molecule has 88 valence electrons. The molecule has 0 aliphatic heterocycles. The zero-order valence-electron chi connectivity index (χ0n) is 10.5. The first kappa shape index (κ1) is 12.7. The van der Waals surface area contributed by atoms with Crippen LogP contribution in [0.15, 0.2) is 0 Å². The summed E-state index contributed by atoms with van der Waals surface area (Å²) in [4.78, 5) is 11.8. The van der Waals surface area contributed by atoms with Crippen LogP contribution in [-0.2, 0) is 4.79 Å². The minimum atomic E-state index is 0.0719. The van der Waals surface area contributed by atoms with Gasteiger partial charge in [-0.1, -0.05) is 27.7 Å². The largest absolute Gasteiger partial charge is 0.327 e. The van der Waals surface area contributed by atoms with Gasteiger partial charge >= 0.3 is 0 Å². The van der Waals surface area contributed by atoms with E-state index in [1.165, 1.54) is 0 Å². The Morgan fingerprint density at radius 3 is 2.53 bits per heavy atom. The van der Waals surface area contributed by atoms with Crippen LogP contribution in [0.3, 0.4) is 0 Å². The monoisotopic (exact) mass is 211 g/mol. The van der Waals surface area contributed by atoms with E-state index in [9.17, 15) is 4.79 Å². The molecule has 15 heavy (non-hydrogen) atoms. The predicted molar refractivity (Wildman–Crippen MR) is 63.6 cm³/mol. The van der Waals surface area contributed by atoms with Gasteiger partial charge in [0.25, 0.3) is 0 Å². The summed E-state index contributed by atoms with van der Waals surface area (Å²) in [6.45, 7) is 8.87. The molecule has 0 aromatic carbocycles. The van der Waals surface area contributed by atoms with E-state index in [2.05, 4.69) is 27.7 Å². The molecule has 1 aliphatic rings. The highest BCUT2D eigenvalue weighted by Gasteiger charge is 2.36. The van der Waals surface area contributed by atoms with E-state index in [4.69, 9.17) is 5.73 Å². The number of Topliss-reactive ketones (excluding diaryl/α,β-unsaturated/α-hetero) is 1. The Kier molecular flexibility index (Phi) is 3.93. The van der Waals surface area contributed by atoms with Gasteiger partial charge in [0.15, 0.2) is 0 Å². The summed E-state index contributed by atoms with van der Waals surface area (Å²) < 4.78 is 0. The normalized spacial score (nSPS) is 30.3. The van der Waals surface area contributed by atoms with Crippen molar-refractivity contribution in [2.45, 2.75) is 59.4 Å². The standard InChI is InChI=1S/C13H25NO/c1-5-11(14)10-8-9(13(2,3)4)6-7-12(10)15/h9-11H,5-8,14H2,1-4H3. The van der Waals surface area contributed by atoms with Crippen molar-refractivity contribution in [3.05, 3.63) is 0 Å². The molecule has 3 atom stereocenters. The Labute approximate surface area is 93.6 Å². The van der Waals surface area contributed by atoms with Gasteiger partial charge in [0.05, 0.1) is 0 Å². The van der Waals surface area contributed by atoms with Crippen molar-refractivity contribution in [1.82, 2.24) is 0 Å². The van der Waals surface area contributed by atoms with Gasteiger partial charge in [-0.05, 0) is 30.6 Å². The van der Waals surface area contributed by atoms with Gasteiger partial charge in [-0.15, -0.1) is 0 Å². The number of carbonyl (C=O) groups is 1. The Morgan fingerprint density at radius 1 is 1.47 bits per heavy atom. The van der Waals surface area contributed by atoms with E-state index in [0.29, 0.717) is 17.1 Å². The second kappa shape index (κ2) is 4.65. The maximum Gasteiger partial charge on any atom is 0.137 e. The Bertz CT molecular complexity index is 229. The molecule has 1 aliphatic carbocycles. The third-order valence-corrected chi connectivity index (χ3v) is 3.90. The average molecular weight is 211 g/mol. The van der Waals surface area contributed by atoms with Gasteiger partial charge in [-0.2, -0.15) is 0 Å². The molecule has 0 amide bonds. The number of ketones is 1. The van der Waals surface area contributed by atoms with Crippen molar-refractivity contribution in [3.8, 4) is 0 Å². The van der Waals surface area contributed by atoms with Crippen molar-refractivity contribution in [2.75, 3.05) is 0 Å². The number of nitrogens with two attached hydrogens (primary N) is 1. The fourth-order valence-corrected chi connectivity index (χ4v) is 2.54. The predicted octanol–water partition coefficient (Wildman–Crippen LogP) is 2.76. The minimum absolute atomic E-state index is 0.0719. The number of hydrogen-bond acceptors (Lipinski definition) is 2. The number of carbonyl (C=O) groups excluding carboxylic acids is 1. The third-order valence-electron chi connectivity index (χ3n) is 3.90. The molecule has 2 N–H and O–H groups in total. The quantitative estimate of drug-likeness (QED) is 0.763. The van der Waals surface area contributed by atoms with Crippen molar-refractivity contribution < 1.29 is 4.79 Å². The fourth-order valence-electron chi connectivity index (χ4n) is 2.54. The maximum atomic E-state index is 11.8. The molecule has 2 heteroatoms. The van der Waals surface area contributed by atoms with Crippen molar-refractivity contribution in [3.63, 3.8) is 0 Å². The van der Waals surface area contributed by atoms with Gasteiger partial charge in [-0.3, -0.25) is 4.79 Å². The van der Waals surface area contributed by atoms with Gasteiger partial charge < -0.3 is 5.73 Å². The molecule has 1 saturated carbocycles. The Balaban J connectivity index is 2.68. The van der Waals surface area contributed by atoms with E-state index < -0.39 is 0 Å². The lowest BCUT2D eigenvalue weighted by Gasteiger charge is -2.38. The first-order valence-electron chi connectivity index (χ1n) is 6.14. The Morgan fingerprint density at radius 2 is 2.07 bits per heavy atom. The lowest BCUT2D eigenvalue weighted by molar-refractivity contribution is -0.127. The van der Waals surface area contributed by atoms with Crippen LogP contribution in [0, 0.1) is 17.3 Å². The highest BCUT2D eigenvalue weighted by molar-refractivity contribution is 5.82. The van der Waals surface area contributed by atoms with E-state index in [-0.39, 0.29) is 12.0 Å². The topological polar surface area (TPSA) is 43.1 Å². The lowest BCUT2D eigenvalue weighted by atomic mass is 9.67. The van der Waals surface area contributed by atoms with Crippen LogP contribution in [0.25, 0.3) is 0 Å². The SMILES string of the molecule is CCC(N)C1CC(C(C)(C)C)CCC1=O. The smallest absolute Gasteiger partial charge is 0.137 e. The second-order valence-electron chi connectivity index (χ2n) is 5.98. The van der Waals surface area contributed by atoms with Crippen LogP contribution in [0.2, 0.25) is 0 Å². The van der Waals surface area contributed by atoms with E-state index in [1.807, 2.05) is 0 Å². The molecule has 0 spiro atoms. The first-order valence-corrected chi connectivity index (χ1v) is 6.14. The zero-order chi connectivity index (χ0) is 11.6. The summed E-state index contributed by atoms with van der Waals surface area (Å²) in [5.74, 6) is 1.16. The molecule has 2 nitrogen and oxygen atoms in total. The summed E-state index contributed by atoms with van der Waals surface area (Å²) in [6, 6.07) is 0.0719. The van der Waals surface area contributed by atoms with Gasteiger partial charge in [0, 0.05) is 18.4 Å².